The van der Waals surface area contributed by atoms with Crippen LogP contribution in [-0.4, -0.2) is 42.8 Å². The van der Waals surface area contributed by atoms with Gasteiger partial charge in [0, 0.05) is 16.8 Å². The third-order valence-corrected chi connectivity index (χ3v) is 7.61. The van der Waals surface area contributed by atoms with Gasteiger partial charge in [0.1, 0.15) is 0 Å². The Morgan fingerprint density at radius 3 is 2.18 bits per heavy atom. The smallest absolute Gasteiger partial charge is 0.245 e. The lowest BCUT2D eigenvalue weighted by Crippen LogP contribution is -2.55. The number of sulfonamides is 1. The lowest BCUT2D eigenvalue weighted by atomic mass is 9.96. The number of hydrogen-bond acceptors (Lipinski definition) is 5. The van der Waals surface area contributed by atoms with E-state index in [4.69, 9.17) is 0 Å². The van der Waals surface area contributed by atoms with Crippen LogP contribution in [0.3, 0.4) is 0 Å². The van der Waals surface area contributed by atoms with Crippen molar-refractivity contribution in [1.29, 1.82) is 0 Å². The molecule has 0 saturated heterocycles. The number of ketones is 2. The van der Waals surface area contributed by atoms with Crippen LogP contribution in [0.2, 0.25) is 0 Å². The average Bonchev–Trinajstić information content (AvgIpc) is 2.83. The molecule has 0 bridgehead atoms. The number of Topliss-reactive ketones (excluding diaryl/α,β-unsaturated/α-hetero) is 2. The Balaban J connectivity index is 1.69. The van der Waals surface area contributed by atoms with Gasteiger partial charge in [0.25, 0.3) is 0 Å². The third kappa shape index (κ3) is 4.42. The number of carbonyl (C=O) groups excluding carboxylic acids is 3. The van der Waals surface area contributed by atoms with E-state index < -0.39 is 40.1 Å². The molecule has 1 aliphatic heterocycles. The fraction of sp³-hybridized carbons (Fsp3) is 0.192. The number of carbonyl (C=O) groups is 3. The molecule has 0 radical (unpaired) electrons. The van der Waals surface area contributed by atoms with E-state index in [1.165, 1.54) is 30.3 Å². The second-order valence-corrected chi connectivity index (χ2v) is 10.2. The Hall–Kier alpha value is -3.62. The Labute approximate surface area is 198 Å². The number of nitrogens with one attached hydrogen (secondary N) is 1. The van der Waals surface area contributed by atoms with Gasteiger partial charge < -0.3 is 5.32 Å². The van der Waals surface area contributed by atoms with E-state index in [-0.39, 0.29) is 16.0 Å². The number of benzene rings is 3. The molecule has 0 spiro atoms. The number of hydrogen-bond donors (Lipinski definition) is 1. The zero-order valence-electron chi connectivity index (χ0n) is 18.8. The highest BCUT2D eigenvalue weighted by molar-refractivity contribution is 7.89. The van der Waals surface area contributed by atoms with Gasteiger partial charge in [-0.3, -0.25) is 14.4 Å². The van der Waals surface area contributed by atoms with Crippen LogP contribution in [0.25, 0.3) is 0 Å². The maximum atomic E-state index is 13.4. The minimum Gasteiger partial charge on any atom is -0.325 e. The van der Waals surface area contributed by atoms with E-state index in [1.807, 2.05) is 26.0 Å². The van der Waals surface area contributed by atoms with Crippen LogP contribution in [0.5, 0.6) is 0 Å². The molecule has 8 heteroatoms. The molecule has 1 aliphatic rings. The van der Waals surface area contributed by atoms with E-state index in [2.05, 4.69) is 5.32 Å². The van der Waals surface area contributed by atoms with Gasteiger partial charge in [-0.25, -0.2) is 8.42 Å². The van der Waals surface area contributed by atoms with Crippen molar-refractivity contribution in [2.75, 3.05) is 11.9 Å². The monoisotopic (exact) mass is 476 g/mol. The summed E-state index contributed by atoms with van der Waals surface area (Å²) >= 11 is 0. The van der Waals surface area contributed by atoms with Crippen LogP contribution in [-0.2, 0) is 14.8 Å². The molecule has 1 unspecified atom stereocenters. The molecule has 3 aromatic carbocycles. The molecule has 0 aliphatic carbocycles. The predicted molar refractivity (Wildman–Crippen MR) is 128 cm³/mol. The van der Waals surface area contributed by atoms with Gasteiger partial charge in [0.2, 0.25) is 15.9 Å². The van der Waals surface area contributed by atoms with Crippen molar-refractivity contribution in [2.45, 2.75) is 30.7 Å². The van der Waals surface area contributed by atoms with Crippen LogP contribution in [0.1, 0.15) is 46.0 Å². The summed E-state index contributed by atoms with van der Waals surface area (Å²) in [5.74, 6) is -1.68. The number of amides is 1. The molecule has 1 atom stereocenters. The lowest BCUT2D eigenvalue weighted by molar-refractivity contribution is -0.116. The number of nitrogens with zero attached hydrogens (tertiary/aromatic N) is 1. The van der Waals surface area contributed by atoms with Gasteiger partial charge in [0.05, 0.1) is 11.4 Å². The molecule has 0 saturated carbocycles. The first-order valence-electron chi connectivity index (χ1n) is 10.8. The average molecular weight is 477 g/mol. The standard InChI is InChI=1S/C26H24N2O5S/c1-17(2)18-12-14-20(15-13-18)27-23(29)16-28-24(25(30)19-8-4-3-5-9-19)26(31)21-10-6-7-11-22(21)34(28,32)33/h3-15,17,24H,16H2,1-2H3,(H,27,29). The van der Waals surface area contributed by atoms with Crippen molar-refractivity contribution in [1.82, 2.24) is 4.31 Å². The maximum Gasteiger partial charge on any atom is 0.245 e. The summed E-state index contributed by atoms with van der Waals surface area (Å²) in [7, 11) is -4.29. The van der Waals surface area contributed by atoms with Gasteiger partial charge in [0.15, 0.2) is 17.6 Å². The molecule has 34 heavy (non-hydrogen) atoms. The van der Waals surface area contributed by atoms with Crippen molar-refractivity contribution in [3.8, 4) is 0 Å². The van der Waals surface area contributed by atoms with E-state index in [9.17, 15) is 22.8 Å². The van der Waals surface area contributed by atoms with E-state index in [0.29, 0.717) is 15.9 Å². The summed E-state index contributed by atoms with van der Waals surface area (Å²) in [6.07, 6.45) is 0. The lowest BCUT2D eigenvalue weighted by Gasteiger charge is -2.33. The SMILES string of the molecule is CC(C)c1ccc(NC(=O)CN2C(C(=O)c3ccccc3)C(=O)c3ccccc3S2(=O)=O)cc1. The zero-order valence-corrected chi connectivity index (χ0v) is 19.6. The molecular formula is C26H24N2O5S. The molecule has 1 amide bonds. The summed E-state index contributed by atoms with van der Waals surface area (Å²) in [4.78, 5) is 39.3. The van der Waals surface area contributed by atoms with Crippen LogP contribution in [0.15, 0.2) is 83.8 Å². The second-order valence-electron chi connectivity index (χ2n) is 8.37. The molecule has 4 rings (SSSR count). The van der Waals surface area contributed by atoms with Crippen molar-refractivity contribution in [3.63, 3.8) is 0 Å². The van der Waals surface area contributed by atoms with Crippen LogP contribution >= 0.6 is 0 Å². The van der Waals surface area contributed by atoms with E-state index in [0.717, 1.165) is 5.56 Å². The van der Waals surface area contributed by atoms with E-state index in [1.54, 1.807) is 36.4 Å². The van der Waals surface area contributed by atoms with Crippen LogP contribution in [0.4, 0.5) is 5.69 Å². The Kier molecular flexibility index (Phi) is 6.45. The number of rotatable bonds is 6. The summed E-state index contributed by atoms with van der Waals surface area (Å²) in [6.45, 7) is 3.42. The van der Waals surface area contributed by atoms with Gasteiger partial charge in [-0.05, 0) is 35.7 Å². The minimum atomic E-state index is -4.29. The predicted octanol–water partition coefficient (Wildman–Crippen LogP) is 3.89. The van der Waals surface area contributed by atoms with Gasteiger partial charge in [-0.15, -0.1) is 0 Å². The highest BCUT2D eigenvalue weighted by Gasteiger charge is 2.48. The Morgan fingerprint density at radius 1 is 0.912 bits per heavy atom. The highest BCUT2D eigenvalue weighted by Crippen LogP contribution is 2.31. The fourth-order valence-electron chi connectivity index (χ4n) is 3.92. The molecule has 3 aromatic rings. The van der Waals surface area contributed by atoms with Crippen LogP contribution in [0, 0.1) is 0 Å². The van der Waals surface area contributed by atoms with Crippen molar-refractivity contribution in [2.24, 2.45) is 0 Å². The Bertz CT molecular complexity index is 1350. The molecule has 7 nitrogen and oxygen atoms in total. The first kappa shape index (κ1) is 23.5. The summed E-state index contributed by atoms with van der Waals surface area (Å²) in [6, 6.07) is 19.2. The summed E-state index contributed by atoms with van der Waals surface area (Å²) < 4.78 is 27.6. The van der Waals surface area contributed by atoms with Crippen molar-refractivity contribution >= 4 is 33.2 Å². The first-order valence-corrected chi connectivity index (χ1v) is 12.3. The van der Waals surface area contributed by atoms with E-state index >= 15 is 0 Å². The first-order chi connectivity index (χ1) is 16.2. The fourth-order valence-corrected chi connectivity index (χ4v) is 5.62. The van der Waals surface area contributed by atoms with Crippen molar-refractivity contribution in [3.05, 3.63) is 95.6 Å². The second kappa shape index (κ2) is 9.32. The molecule has 1 N–H and O–H groups in total. The largest absolute Gasteiger partial charge is 0.325 e. The maximum absolute atomic E-state index is 13.4. The molecule has 0 aromatic heterocycles. The highest BCUT2D eigenvalue weighted by atomic mass is 32.2. The van der Waals surface area contributed by atoms with Gasteiger partial charge >= 0.3 is 0 Å². The molecule has 1 heterocycles. The number of fused-ring (bicyclic) bond motifs is 1. The topological polar surface area (TPSA) is 101 Å². The summed E-state index contributed by atoms with van der Waals surface area (Å²) in [5.41, 5.74) is 1.71. The molecular weight excluding hydrogens is 452 g/mol. The number of anilines is 1. The zero-order chi connectivity index (χ0) is 24.5. The minimum absolute atomic E-state index is 0.0577. The summed E-state index contributed by atoms with van der Waals surface area (Å²) in [5, 5.41) is 2.66. The normalized spacial score (nSPS) is 17.3. The van der Waals surface area contributed by atoms with Gasteiger partial charge in [-0.2, -0.15) is 4.31 Å². The third-order valence-electron chi connectivity index (χ3n) is 5.74. The van der Waals surface area contributed by atoms with Crippen LogP contribution < -0.4 is 5.32 Å². The van der Waals surface area contributed by atoms with Gasteiger partial charge in [-0.1, -0.05) is 68.4 Å². The molecule has 174 valence electrons. The van der Waals surface area contributed by atoms with Crippen molar-refractivity contribution < 1.29 is 22.8 Å². The Morgan fingerprint density at radius 2 is 1.53 bits per heavy atom. The molecule has 0 fully saturated rings. The quantitative estimate of drug-likeness (QED) is 0.430.